The Balaban J connectivity index is 1.84. The molecule has 0 spiro atoms. The highest BCUT2D eigenvalue weighted by Crippen LogP contribution is 2.39. The Morgan fingerprint density at radius 2 is 2.04 bits per heavy atom. The number of nitrogens with one attached hydrogen (secondary N) is 2. The van der Waals surface area contributed by atoms with Crippen molar-refractivity contribution in [3.8, 4) is 0 Å². The second kappa shape index (κ2) is 7.28. The summed E-state index contributed by atoms with van der Waals surface area (Å²) in [5.74, 6) is 0.473. The van der Waals surface area contributed by atoms with Gasteiger partial charge in [0.2, 0.25) is 0 Å². The van der Waals surface area contributed by atoms with Gasteiger partial charge in [0.05, 0.1) is 6.04 Å². The molecule has 0 saturated heterocycles. The molecule has 0 aliphatic heterocycles. The van der Waals surface area contributed by atoms with Crippen molar-refractivity contribution in [2.24, 2.45) is 5.92 Å². The van der Waals surface area contributed by atoms with Crippen molar-refractivity contribution < 1.29 is 4.79 Å². The first-order chi connectivity index (χ1) is 12.0. The topological polar surface area (TPSA) is 79.0 Å². The third-order valence-corrected chi connectivity index (χ3v) is 4.92. The van der Waals surface area contributed by atoms with E-state index in [0.29, 0.717) is 33.5 Å². The monoisotopic (exact) mass is 355 g/mol. The predicted octanol–water partition coefficient (Wildman–Crippen LogP) is 4.58. The van der Waals surface area contributed by atoms with Gasteiger partial charge in [-0.2, -0.15) is 0 Å². The minimum absolute atomic E-state index is 0.115. The highest BCUT2D eigenvalue weighted by atomic mass is 35.5. The lowest BCUT2D eigenvalue weighted by Gasteiger charge is -2.20. The fourth-order valence-electron chi connectivity index (χ4n) is 2.97. The van der Waals surface area contributed by atoms with E-state index < -0.39 is 0 Å². The van der Waals surface area contributed by atoms with Crippen molar-refractivity contribution in [2.75, 3.05) is 5.73 Å². The van der Waals surface area contributed by atoms with Gasteiger partial charge in [0, 0.05) is 27.5 Å². The minimum Gasteiger partial charge on any atom is -0.398 e. The molecule has 1 saturated carbocycles. The Labute approximate surface area is 152 Å². The third-order valence-electron chi connectivity index (χ3n) is 4.57. The highest BCUT2D eigenvalue weighted by Gasteiger charge is 2.28. The molecular formula is C20H22ClN3O. The van der Waals surface area contributed by atoms with Crippen LogP contribution in [0, 0.1) is 11.3 Å². The summed E-state index contributed by atoms with van der Waals surface area (Å²) in [4.78, 5) is 12.8. The van der Waals surface area contributed by atoms with E-state index in [0.717, 1.165) is 12.0 Å². The molecule has 0 radical (unpaired) electrons. The van der Waals surface area contributed by atoms with Crippen LogP contribution in [0.3, 0.4) is 0 Å². The molecule has 0 bridgehead atoms. The molecule has 25 heavy (non-hydrogen) atoms. The average molecular weight is 356 g/mol. The Hall–Kier alpha value is -2.33. The maximum absolute atomic E-state index is 12.8. The normalized spacial score (nSPS) is 14.8. The van der Waals surface area contributed by atoms with Gasteiger partial charge in [0.15, 0.2) is 0 Å². The molecular weight excluding hydrogens is 334 g/mol. The van der Waals surface area contributed by atoms with Crippen molar-refractivity contribution in [3.63, 3.8) is 0 Å². The number of anilines is 1. The summed E-state index contributed by atoms with van der Waals surface area (Å²) < 4.78 is 0. The molecule has 4 N–H and O–H groups in total. The molecule has 2 aromatic carbocycles. The van der Waals surface area contributed by atoms with Crippen LogP contribution in [0.5, 0.6) is 0 Å². The first-order valence-corrected chi connectivity index (χ1v) is 8.84. The number of nitrogen functional groups attached to an aromatic ring is 1. The Morgan fingerprint density at radius 3 is 2.68 bits per heavy atom. The van der Waals surface area contributed by atoms with Gasteiger partial charge < -0.3 is 16.5 Å². The molecule has 0 aromatic heterocycles. The number of benzene rings is 2. The summed E-state index contributed by atoms with van der Waals surface area (Å²) in [6.07, 6.45) is 3.30. The van der Waals surface area contributed by atoms with Gasteiger partial charge in [-0.3, -0.25) is 4.79 Å². The first-order valence-electron chi connectivity index (χ1n) is 8.46. The summed E-state index contributed by atoms with van der Waals surface area (Å²) in [6, 6.07) is 12.6. The van der Waals surface area contributed by atoms with E-state index >= 15 is 0 Å². The molecule has 1 unspecified atom stereocenters. The fraction of sp³-hybridized carbons (Fsp3) is 0.300. The number of hydrogen-bond donors (Lipinski definition) is 3. The van der Waals surface area contributed by atoms with Gasteiger partial charge in [0.25, 0.3) is 5.91 Å². The van der Waals surface area contributed by atoms with Crippen LogP contribution in [0.4, 0.5) is 5.69 Å². The number of rotatable bonds is 6. The lowest BCUT2D eigenvalue weighted by Crippen LogP contribution is -2.29. The summed E-state index contributed by atoms with van der Waals surface area (Å²) in [5.41, 5.74) is 8.77. The molecule has 2 aromatic rings. The van der Waals surface area contributed by atoms with Crippen LogP contribution in [0.15, 0.2) is 42.5 Å². The zero-order valence-electron chi connectivity index (χ0n) is 14.2. The Bertz CT molecular complexity index is 814. The molecule has 1 atom stereocenters. The molecule has 1 aliphatic rings. The summed E-state index contributed by atoms with van der Waals surface area (Å²) in [7, 11) is 0. The second-order valence-electron chi connectivity index (χ2n) is 6.65. The van der Waals surface area contributed by atoms with Crippen LogP contribution < -0.4 is 11.1 Å². The van der Waals surface area contributed by atoms with E-state index in [-0.39, 0.29) is 11.9 Å². The zero-order valence-corrected chi connectivity index (χ0v) is 14.9. The van der Waals surface area contributed by atoms with Crippen molar-refractivity contribution >= 4 is 28.9 Å². The van der Waals surface area contributed by atoms with Gasteiger partial charge in [-0.15, -0.1) is 0 Å². The van der Waals surface area contributed by atoms with E-state index in [4.69, 9.17) is 22.7 Å². The van der Waals surface area contributed by atoms with Crippen LogP contribution in [0.2, 0.25) is 5.02 Å². The lowest BCUT2D eigenvalue weighted by atomic mass is 9.99. The van der Waals surface area contributed by atoms with Gasteiger partial charge in [-0.05, 0) is 49.1 Å². The molecule has 1 amide bonds. The van der Waals surface area contributed by atoms with Crippen LogP contribution >= 0.6 is 11.6 Å². The molecule has 0 heterocycles. The van der Waals surface area contributed by atoms with Crippen LogP contribution in [-0.4, -0.2) is 11.6 Å². The van der Waals surface area contributed by atoms with Crippen molar-refractivity contribution in [2.45, 2.75) is 32.2 Å². The predicted molar refractivity (Wildman–Crippen MR) is 102 cm³/mol. The van der Waals surface area contributed by atoms with E-state index in [2.05, 4.69) is 5.32 Å². The molecule has 3 rings (SSSR count). The number of carbonyl (C=O) groups is 1. The van der Waals surface area contributed by atoms with Gasteiger partial charge in [0.1, 0.15) is 0 Å². The maximum Gasteiger partial charge on any atom is 0.251 e. The van der Waals surface area contributed by atoms with E-state index in [9.17, 15) is 4.79 Å². The van der Waals surface area contributed by atoms with Crippen LogP contribution in [0.25, 0.3) is 0 Å². The van der Waals surface area contributed by atoms with E-state index in [1.807, 2.05) is 24.3 Å². The van der Waals surface area contributed by atoms with Crippen LogP contribution in [-0.2, 0) is 0 Å². The number of amides is 1. The number of carbonyl (C=O) groups excluding carboxylic acids is 1. The Kier molecular flexibility index (Phi) is 5.09. The third kappa shape index (κ3) is 4.20. The first kappa shape index (κ1) is 17.5. The number of hydrogen-bond acceptors (Lipinski definition) is 3. The minimum atomic E-state index is -0.173. The van der Waals surface area contributed by atoms with E-state index in [1.54, 1.807) is 25.1 Å². The summed E-state index contributed by atoms with van der Waals surface area (Å²) in [5, 5.41) is 11.6. The Morgan fingerprint density at radius 1 is 1.32 bits per heavy atom. The van der Waals surface area contributed by atoms with Gasteiger partial charge >= 0.3 is 0 Å². The quantitative estimate of drug-likeness (QED) is 0.523. The average Bonchev–Trinajstić information content (AvgIpc) is 3.39. The van der Waals surface area contributed by atoms with Crippen molar-refractivity contribution in [1.82, 2.24) is 5.32 Å². The molecule has 4 nitrogen and oxygen atoms in total. The second-order valence-corrected chi connectivity index (χ2v) is 7.06. The van der Waals surface area contributed by atoms with Gasteiger partial charge in [-0.25, -0.2) is 0 Å². The fourth-order valence-corrected chi connectivity index (χ4v) is 3.24. The van der Waals surface area contributed by atoms with Gasteiger partial charge in [-0.1, -0.05) is 42.6 Å². The molecule has 1 fully saturated rings. The summed E-state index contributed by atoms with van der Waals surface area (Å²) in [6.45, 7) is 1.66. The van der Waals surface area contributed by atoms with E-state index in [1.165, 1.54) is 12.8 Å². The highest BCUT2D eigenvalue weighted by molar-refractivity contribution is 6.31. The zero-order chi connectivity index (χ0) is 18.0. The molecule has 130 valence electrons. The molecule has 5 heteroatoms. The smallest absolute Gasteiger partial charge is 0.251 e. The lowest BCUT2D eigenvalue weighted by molar-refractivity contribution is 0.0933. The van der Waals surface area contributed by atoms with Crippen molar-refractivity contribution in [1.29, 1.82) is 5.41 Å². The van der Waals surface area contributed by atoms with Crippen molar-refractivity contribution in [3.05, 3.63) is 64.2 Å². The number of nitrogens with two attached hydrogens (primary N) is 1. The molecule has 1 aliphatic carbocycles. The standard InChI is InChI=1S/C20H22ClN3O/c1-12(22)16-11-14(8-9-18(16)23)20(25)24-19(10-13-6-7-13)15-4-2-3-5-17(15)21/h2-5,8-9,11,13,19,22H,6-7,10,23H2,1H3,(H,24,25). The maximum atomic E-state index is 12.8. The summed E-state index contributed by atoms with van der Waals surface area (Å²) >= 11 is 6.34. The largest absolute Gasteiger partial charge is 0.398 e. The number of halogens is 1. The van der Waals surface area contributed by atoms with Crippen LogP contribution in [0.1, 0.15) is 53.7 Å². The SMILES string of the molecule is CC(=N)c1cc(C(=O)NC(CC2CC2)c2ccccc2Cl)ccc1N.